The molecule has 0 aromatic carbocycles. The minimum Gasteiger partial charge on any atom is -0.379 e. The second kappa shape index (κ2) is 5.52. The summed E-state index contributed by atoms with van der Waals surface area (Å²) in [6.45, 7) is 6.81. The summed E-state index contributed by atoms with van der Waals surface area (Å²) in [6, 6.07) is 0. The first-order chi connectivity index (χ1) is 5.43. The minimum absolute atomic E-state index is 0.843. The molecule has 1 aliphatic rings. The van der Waals surface area contributed by atoms with Crippen molar-refractivity contribution in [3.05, 3.63) is 0 Å². The van der Waals surface area contributed by atoms with E-state index in [-0.39, 0.29) is 0 Å². The Morgan fingerprint density at radius 3 is 2.73 bits per heavy atom. The molecule has 0 amide bonds. The van der Waals surface area contributed by atoms with Gasteiger partial charge in [-0.1, -0.05) is 13.3 Å². The SMILES string of the molecule is CCCC[N]N1CCOCC1. The molecule has 0 bridgehead atoms. The van der Waals surface area contributed by atoms with Crippen molar-refractivity contribution in [3.8, 4) is 0 Å². The van der Waals surface area contributed by atoms with Crippen molar-refractivity contribution in [2.45, 2.75) is 19.8 Å². The molecule has 3 nitrogen and oxygen atoms in total. The summed E-state index contributed by atoms with van der Waals surface area (Å²) in [5.41, 5.74) is 4.43. The molecule has 1 fully saturated rings. The third-order valence-electron chi connectivity index (χ3n) is 1.80. The van der Waals surface area contributed by atoms with Crippen LogP contribution in [0, 0.1) is 0 Å². The molecule has 1 saturated heterocycles. The fraction of sp³-hybridized carbons (Fsp3) is 1.00. The van der Waals surface area contributed by atoms with Gasteiger partial charge in [0.1, 0.15) is 0 Å². The fourth-order valence-corrected chi connectivity index (χ4v) is 1.07. The van der Waals surface area contributed by atoms with Crippen LogP contribution < -0.4 is 5.43 Å². The first kappa shape index (κ1) is 8.97. The Hall–Kier alpha value is -0.120. The van der Waals surface area contributed by atoms with Gasteiger partial charge in [0.2, 0.25) is 0 Å². The van der Waals surface area contributed by atoms with Gasteiger partial charge in [-0.05, 0) is 6.42 Å². The molecule has 3 heteroatoms. The average molecular weight is 157 g/mol. The lowest BCUT2D eigenvalue weighted by Gasteiger charge is -2.25. The van der Waals surface area contributed by atoms with Gasteiger partial charge < -0.3 is 4.74 Å². The van der Waals surface area contributed by atoms with Crippen molar-refractivity contribution in [1.29, 1.82) is 0 Å². The van der Waals surface area contributed by atoms with Gasteiger partial charge in [-0.2, -0.15) is 5.43 Å². The van der Waals surface area contributed by atoms with Crippen LogP contribution in [0.5, 0.6) is 0 Å². The molecule has 0 aromatic rings. The maximum absolute atomic E-state index is 5.20. The van der Waals surface area contributed by atoms with Gasteiger partial charge in [-0.25, -0.2) is 5.01 Å². The van der Waals surface area contributed by atoms with E-state index in [0.717, 1.165) is 32.8 Å². The summed E-state index contributed by atoms with van der Waals surface area (Å²) in [5, 5.41) is 2.12. The van der Waals surface area contributed by atoms with Gasteiger partial charge in [0.05, 0.1) is 13.2 Å². The van der Waals surface area contributed by atoms with Crippen LogP contribution in [0.25, 0.3) is 0 Å². The van der Waals surface area contributed by atoms with Gasteiger partial charge in [0, 0.05) is 19.6 Å². The van der Waals surface area contributed by atoms with Gasteiger partial charge in [-0.15, -0.1) is 0 Å². The van der Waals surface area contributed by atoms with Gasteiger partial charge in [-0.3, -0.25) is 0 Å². The van der Waals surface area contributed by atoms with Gasteiger partial charge in [0.15, 0.2) is 0 Å². The Morgan fingerprint density at radius 1 is 1.36 bits per heavy atom. The molecule has 0 aromatic heterocycles. The molecular formula is C8H17N2O. The quantitative estimate of drug-likeness (QED) is 0.560. The van der Waals surface area contributed by atoms with E-state index in [0.29, 0.717) is 0 Å². The topological polar surface area (TPSA) is 26.6 Å². The van der Waals surface area contributed by atoms with E-state index in [1.807, 2.05) is 0 Å². The van der Waals surface area contributed by atoms with Crippen LogP contribution in [0.4, 0.5) is 0 Å². The van der Waals surface area contributed by atoms with Crippen molar-refractivity contribution in [3.63, 3.8) is 0 Å². The van der Waals surface area contributed by atoms with Crippen molar-refractivity contribution in [2.75, 3.05) is 32.8 Å². The molecule has 1 aliphatic heterocycles. The molecule has 0 saturated carbocycles. The van der Waals surface area contributed by atoms with E-state index in [9.17, 15) is 0 Å². The highest BCUT2D eigenvalue weighted by Crippen LogP contribution is 1.94. The Kier molecular flexibility index (Phi) is 4.50. The van der Waals surface area contributed by atoms with Crippen molar-refractivity contribution < 1.29 is 4.74 Å². The number of morpholine rings is 1. The number of rotatable bonds is 4. The number of nitrogens with zero attached hydrogens (tertiary/aromatic N) is 2. The summed E-state index contributed by atoms with van der Waals surface area (Å²) in [7, 11) is 0. The molecule has 11 heavy (non-hydrogen) atoms. The molecule has 0 spiro atoms. The monoisotopic (exact) mass is 157 g/mol. The summed E-state index contributed by atoms with van der Waals surface area (Å²) in [4.78, 5) is 0. The largest absolute Gasteiger partial charge is 0.379 e. The second-order valence-corrected chi connectivity index (χ2v) is 2.78. The zero-order chi connectivity index (χ0) is 7.94. The lowest BCUT2D eigenvalue weighted by Crippen LogP contribution is -2.41. The van der Waals surface area contributed by atoms with E-state index >= 15 is 0 Å². The summed E-state index contributed by atoms with van der Waals surface area (Å²) in [6.07, 6.45) is 2.44. The van der Waals surface area contributed by atoms with Crippen LogP contribution in [0.1, 0.15) is 19.8 Å². The minimum atomic E-state index is 0.843. The Bertz CT molecular complexity index is 92.1. The van der Waals surface area contributed by atoms with E-state index in [1.165, 1.54) is 12.8 Å². The maximum atomic E-state index is 5.20. The summed E-state index contributed by atoms with van der Waals surface area (Å²) in [5.74, 6) is 0. The molecular weight excluding hydrogens is 140 g/mol. The van der Waals surface area contributed by atoms with Crippen molar-refractivity contribution in [2.24, 2.45) is 0 Å². The number of ether oxygens (including phenoxy) is 1. The number of hydrogen-bond donors (Lipinski definition) is 0. The highest BCUT2D eigenvalue weighted by Gasteiger charge is 2.09. The first-order valence-electron chi connectivity index (χ1n) is 4.43. The summed E-state index contributed by atoms with van der Waals surface area (Å²) < 4.78 is 5.20. The molecule has 1 radical (unpaired) electrons. The van der Waals surface area contributed by atoms with E-state index in [4.69, 9.17) is 4.74 Å². The fourth-order valence-electron chi connectivity index (χ4n) is 1.07. The average Bonchev–Trinajstić information content (AvgIpc) is 2.07. The lowest BCUT2D eigenvalue weighted by atomic mass is 10.3. The van der Waals surface area contributed by atoms with Crippen molar-refractivity contribution in [1.82, 2.24) is 10.4 Å². The summed E-state index contributed by atoms with van der Waals surface area (Å²) >= 11 is 0. The lowest BCUT2D eigenvalue weighted by molar-refractivity contribution is 0.00917. The van der Waals surface area contributed by atoms with Crippen LogP contribution in [-0.4, -0.2) is 37.9 Å². The Balaban J connectivity index is 1.96. The molecule has 0 aliphatic carbocycles. The van der Waals surface area contributed by atoms with Crippen LogP contribution in [-0.2, 0) is 4.74 Å². The predicted molar refractivity (Wildman–Crippen MR) is 44.3 cm³/mol. The highest BCUT2D eigenvalue weighted by atomic mass is 16.5. The van der Waals surface area contributed by atoms with Crippen LogP contribution in [0.3, 0.4) is 0 Å². The molecule has 0 N–H and O–H groups in total. The zero-order valence-corrected chi connectivity index (χ0v) is 7.25. The second-order valence-electron chi connectivity index (χ2n) is 2.78. The van der Waals surface area contributed by atoms with E-state index in [1.54, 1.807) is 0 Å². The Labute approximate surface area is 68.7 Å². The van der Waals surface area contributed by atoms with E-state index in [2.05, 4.69) is 17.4 Å². The number of hydrogen-bond acceptors (Lipinski definition) is 2. The normalized spacial score (nSPS) is 20.5. The van der Waals surface area contributed by atoms with Gasteiger partial charge >= 0.3 is 0 Å². The highest BCUT2D eigenvalue weighted by molar-refractivity contribution is 4.56. The predicted octanol–water partition coefficient (Wildman–Crippen LogP) is 0.638. The standard InChI is InChI=1S/C8H17N2O/c1-2-3-4-9-10-5-7-11-8-6-10/h2-8H2,1H3. The molecule has 1 rings (SSSR count). The maximum Gasteiger partial charge on any atom is 0.0608 e. The van der Waals surface area contributed by atoms with Gasteiger partial charge in [0.25, 0.3) is 0 Å². The van der Waals surface area contributed by atoms with Crippen molar-refractivity contribution >= 4 is 0 Å². The molecule has 1 heterocycles. The molecule has 0 atom stereocenters. The molecule has 65 valence electrons. The molecule has 0 unspecified atom stereocenters. The number of unbranched alkanes of at least 4 members (excludes halogenated alkanes) is 1. The van der Waals surface area contributed by atoms with Crippen LogP contribution >= 0.6 is 0 Å². The van der Waals surface area contributed by atoms with Crippen LogP contribution in [0.2, 0.25) is 0 Å². The van der Waals surface area contributed by atoms with E-state index < -0.39 is 0 Å². The third-order valence-corrected chi connectivity index (χ3v) is 1.80. The van der Waals surface area contributed by atoms with Crippen LogP contribution in [0.15, 0.2) is 0 Å². The zero-order valence-electron chi connectivity index (χ0n) is 7.25. The first-order valence-corrected chi connectivity index (χ1v) is 4.43. The Morgan fingerprint density at radius 2 is 2.09 bits per heavy atom. The third kappa shape index (κ3) is 3.70. The smallest absolute Gasteiger partial charge is 0.0608 e.